The van der Waals surface area contributed by atoms with Crippen molar-refractivity contribution in [2.45, 2.75) is 32.2 Å². The molecule has 2 rings (SSSR count). The first kappa shape index (κ1) is 18.4. The molecule has 1 aromatic rings. The van der Waals surface area contributed by atoms with Crippen molar-refractivity contribution >= 4 is 11.8 Å². The predicted octanol–water partition coefficient (Wildman–Crippen LogP) is 1.88. The maximum absolute atomic E-state index is 13.1. The summed E-state index contributed by atoms with van der Waals surface area (Å²) in [4.78, 5) is 33.0. The molecule has 6 heteroatoms. The second-order valence-electron chi connectivity index (χ2n) is 6.22. The lowest BCUT2D eigenvalue weighted by Crippen LogP contribution is -2.40. The minimum atomic E-state index is -0.361. The van der Waals surface area contributed by atoms with Gasteiger partial charge in [-0.2, -0.15) is 0 Å². The van der Waals surface area contributed by atoms with Crippen molar-refractivity contribution in [3.63, 3.8) is 0 Å². The Hall–Kier alpha value is -1.95. The summed E-state index contributed by atoms with van der Waals surface area (Å²) in [5.74, 6) is -0.322. The number of pyridine rings is 1. The molecule has 1 aromatic heterocycles. The first-order valence-electron chi connectivity index (χ1n) is 8.53. The van der Waals surface area contributed by atoms with Crippen LogP contribution in [0.3, 0.4) is 0 Å². The van der Waals surface area contributed by atoms with Crippen LogP contribution >= 0.6 is 0 Å². The molecule has 0 aliphatic carbocycles. The lowest BCUT2D eigenvalue weighted by atomic mass is 9.93. The average Bonchev–Trinajstić information content (AvgIpc) is 2.90. The second kappa shape index (κ2) is 8.78. The smallest absolute Gasteiger partial charge is 0.228 e. The van der Waals surface area contributed by atoms with Gasteiger partial charge in [0.1, 0.15) is 0 Å². The summed E-state index contributed by atoms with van der Waals surface area (Å²) < 4.78 is 5.14. The molecule has 0 radical (unpaired) electrons. The molecule has 1 aliphatic rings. The van der Waals surface area contributed by atoms with Gasteiger partial charge in [-0.3, -0.25) is 14.6 Å². The Morgan fingerprint density at radius 3 is 2.88 bits per heavy atom. The Balaban J connectivity index is 2.21. The summed E-state index contributed by atoms with van der Waals surface area (Å²) in [5.41, 5.74) is 0.909. The molecule has 132 valence electrons. The molecule has 2 atom stereocenters. The number of hydrogen-bond acceptors (Lipinski definition) is 4. The van der Waals surface area contributed by atoms with Crippen LogP contribution in [0.15, 0.2) is 24.5 Å². The van der Waals surface area contributed by atoms with Gasteiger partial charge in [0.15, 0.2) is 0 Å². The summed E-state index contributed by atoms with van der Waals surface area (Å²) in [6.45, 7) is 3.87. The third-order valence-electron chi connectivity index (χ3n) is 4.59. The highest BCUT2D eigenvalue weighted by atomic mass is 16.5. The summed E-state index contributed by atoms with van der Waals surface area (Å²) in [6.07, 6.45) is 5.66. The molecular weight excluding hydrogens is 306 g/mol. The molecular formula is C18H27N3O3. The van der Waals surface area contributed by atoms with Crippen LogP contribution in [0.4, 0.5) is 0 Å². The van der Waals surface area contributed by atoms with Crippen molar-refractivity contribution in [3.8, 4) is 0 Å². The minimum absolute atomic E-state index is 0.00406. The Bertz CT molecular complexity index is 542. The number of likely N-dealkylation sites (tertiary alicyclic amines) is 1. The lowest BCUT2D eigenvalue weighted by Gasteiger charge is -2.29. The zero-order valence-corrected chi connectivity index (χ0v) is 14.8. The Labute approximate surface area is 143 Å². The number of amides is 2. The van der Waals surface area contributed by atoms with Crippen molar-refractivity contribution in [1.82, 2.24) is 14.8 Å². The highest BCUT2D eigenvalue weighted by molar-refractivity contribution is 5.90. The van der Waals surface area contributed by atoms with Crippen LogP contribution in [0.2, 0.25) is 0 Å². The van der Waals surface area contributed by atoms with Crippen molar-refractivity contribution in [2.24, 2.45) is 5.92 Å². The van der Waals surface area contributed by atoms with Gasteiger partial charge in [-0.25, -0.2) is 0 Å². The van der Waals surface area contributed by atoms with Gasteiger partial charge in [0, 0.05) is 46.1 Å². The van der Waals surface area contributed by atoms with Crippen LogP contribution in [0.1, 0.15) is 37.8 Å². The van der Waals surface area contributed by atoms with Crippen molar-refractivity contribution in [3.05, 3.63) is 30.1 Å². The number of nitrogens with zero attached hydrogens (tertiary/aromatic N) is 3. The number of unbranched alkanes of at least 4 members (excludes halogenated alkanes) is 1. The zero-order valence-electron chi connectivity index (χ0n) is 14.8. The predicted molar refractivity (Wildman–Crippen MR) is 91.2 cm³/mol. The zero-order chi connectivity index (χ0) is 17.5. The van der Waals surface area contributed by atoms with E-state index in [1.165, 1.54) is 0 Å². The first-order chi connectivity index (χ1) is 11.6. The molecule has 1 aliphatic heterocycles. The standard InChI is InChI=1S/C18H27N3O3/c1-4-5-9-21(10-11-24-3)18(23)15-12-16(22)20(2)17(15)14-7-6-8-19-13-14/h6-8,13,15,17H,4-5,9-12H2,1-3H3/t15-,17+/m1/s1. The topological polar surface area (TPSA) is 62.7 Å². The molecule has 0 N–H and O–H groups in total. The molecule has 1 fully saturated rings. The van der Waals surface area contributed by atoms with Crippen molar-refractivity contribution in [2.75, 3.05) is 33.9 Å². The van der Waals surface area contributed by atoms with E-state index in [0.717, 1.165) is 18.4 Å². The van der Waals surface area contributed by atoms with Gasteiger partial charge >= 0.3 is 0 Å². The first-order valence-corrected chi connectivity index (χ1v) is 8.53. The molecule has 2 heterocycles. The van der Waals surface area contributed by atoms with Gasteiger partial charge in [-0.05, 0) is 18.1 Å². The molecule has 6 nitrogen and oxygen atoms in total. The lowest BCUT2D eigenvalue weighted by molar-refractivity contribution is -0.137. The minimum Gasteiger partial charge on any atom is -0.383 e. The van der Waals surface area contributed by atoms with Crippen molar-refractivity contribution in [1.29, 1.82) is 0 Å². The average molecular weight is 333 g/mol. The highest BCUT2D eigenvalue weighted by Crippen LogP contribution is 2.37. The van der Waals surface area contributed by atoms with E-state index in [2.05, 4.69) is 11.9 Å². The van der Waals surface area contributed by atoms with E-state index >= 15 is 0 Å². The molecule has 0 spiro atoms. The summed E-state index contributed by atoms with van der Waals surface area (Å²) >= 11 is 0. The number of aromatic nitrogens is 1. The molecule has 0 saturated carbocycles. The van der Waals surface area contributed by atoms with Gasteiger partial charge in [0.25, 0.3) is 0 Å². The number of carbonyl (C=O) groups is 2. The number of methoxy groups -OCH3 is 1. The van der Waals surface area contributed by atoms with Crippen LogP contribution in [-0.4, -0.2) is 60.5 Å². The van der Waals surface area contributed by atoms with Crippen LogP contribution in [-0.2, 0) is 14.3 Å². The summed E-state index contributed by atoms with van der Waals surface area (Å²) in [7, 11) is 3.40. The fraction of sp³-hybridized carbons (Fsp3) is 0.611. The third-order valence-corrected chi connectivity index (χ3v) is 4.59. The molecule has 1 saturated heterocycles. The van der Waals surface area contributed by atoms with E-state index in [9.17, 15) is 9.59 Å². The number of rotatable bonds is 8. The van der Waals surface area contributed by atoms with E-state index in [-0.39, 0.29) is 30.2 Å². The maximum Gasteiger partial charge on any atom is 0.228 e. The Kier molecular flexibility index (Phi) is 6.73. The van der Waals surface area contributed by atoms with Gasteiger partial charge < -0.3 is 14.5 Å². The van der Waals surface area contributed by atoms with E-state index in [0.29, 0.717) is 19.7 Å². The van der Waals surface area contributed by atoms with Gasteiger partial charge in [-0.1, -0.05) is 19.4 Å². The molecule has 0 unspecified atom stereocenters. The molecule has 0 aromatic carbocycles. The molecule has 24 heavy (non-hydrogen) atoms. The number of carbonyl (C=O) groups excluding carboxylic acids is 2. The molecule has 0 bridgehead atoms. The summed E-state index contributed by atoms with van der Waals surface area (Å²) in [5, 5.41) is 0. The van der Waals surface area contributed by atoms with E-state index in [1.54, 1.807) is 31.5 Å². The second-order valence-corrected chi connectivity index (χ2v) is 6.22. The Morgan fingerprint density at radius 1 is 1.46 bits per heavy atom. The maximum atomic E-state index is 13.1. The Morgan fingerprint density at radius 2 is 2.25 bits per heavy atom. The fourth-order valence-corrected chi connectivity index (χ4v) is 3.22. The van der Waals surface area contributed by atoms with Gasteiger partial charge in [0.05, 0.1) is 18.6 Å². The summed E-state index contributed by atoms with van der Waals surface area (Å²) in [6, 6.07) is 3.52. The van der Waals surface area contributed by atoms with Crippen molar-refractivity contribution < 1.29 is 14.3 Å². The quantitative estimate of drug-likeness (QED) is 0.729. The van der Waals surface area contributed by atoms with E-state index in [1.807, 2.05) is 17.0 Å². The number of ether oxygens (including phenoxy) is 1. The van der Waals surface area contributed by atoms with Crippen LogP contribution < -0.4 is 0 Å². The van der Waals surface area contributed by atoms with Gasteiger partial charge in [0.2, 0.25) is 11.8 Å². The number of hydrogen-bond donors (Lipinski definition) is 0. The largest absolute Gasteiger partial charge is 0.383 e. The fourth-order valence-electron chi connectivity index (χ4n) is 3.22. The van der Waals surface area contributed by atoms with E-state index < -0.39 is 0 Å². The molecule has 2 amide bonds. The highest BCUT2D eigenvalue weighted by Gasteiger charge is 2.44. The van der Waals surface area contributed by atoms with Gasteiger partial charge in [-0.15, -0.1) is 0 Å². The van der Waals surface area contributed by atoms with Crippen LogP contribution in [0.25, 0.3) is 0 Å². The van der Waals surface area contributed by atoms with Crippen LogP contribution in [0, 0.1) is 5.92 Å². The normalized spacial score (nSPS) is 20.5. The third kappa shape index (κ3) is 4.12. The monoisotopic (exact) mass is 333 g/mol. The SMILES string of the molecule is CCCCN(CCOC)C(=O)[C@@H]1CC(=O)N(C)[C@H]1c1cccnc1. The van der Waals surface area contributed by atoms with Crippen LogP contribution in [0.5, 0.6) is 0 Å². The van der Waals surface area contributed by atoms with E-state index in [4.69, 9.17) is 4.74 Å².